The zero-order chi connectivity index (χ0) is 22.2. The van der Waals surface area contributed by atoms with Crippen LogP contribution in [-0.4, -0.2) is 6.04 Å². The quantitative estimate of drug-likeness (QED) is 0.298. The number of hydrogen-bond acceptors (Lipinski definition) is 2. The number of nitriles is 2. The second kappa shape index (κ2) is 18.3. The van der Waals surface area contributed by atoms with Crippen molar-refractivity contribution in [2.45, 2.75) is 58.5 Å². The number of hydrogen-bond donors (Lipinski definition) is 0. The first-order chi connectivity index (χ1) is 14.6. The molecule has 4 unspecified atom stereocenters. The Morgan fingerprint density at radius 2 is 1.39 bits per heavy atom. The first-order valence-corrected chi connectivity index (χ1v) is 11.5. The van der Waals surface area contributed by atoms with E-state index in [1.165, 1.54) is 61.3 Å². The molecule has 2 aromatic rings. The predicted octanol–water partition coefficient (Wildman–Crippen LogP) is 5.62. The van der Waals surface area contributed by atoms with Crippen LogP contribution in [-0.2, 0) is 30.0 Å². The molecule has 0 N–H and O–H groups in total. The van der Waals surface area contributed by atoms with Crippen molar-refractivity contribution in [1.29, 1.82) is 10.5 Å². The van der Waals surface area contributed by atoms with E-state index in [9.17, 15) is 0 Å². The molecule has 0 radical (unpaired) electrons. The molecule has 6 heteroatoms. The topological polar surface area (TPSA) is 61.7 Å². The Labute approximate surface area is 204 Å². The molecule has 0 amide bonds. The maximum absolute atomic E-state index is 7.32. The first kappa shape index (κ1) is 29.8. The summed E-state index contributed by atoms with van der Waals surface area (Å²) in [5.41, 5.74) is 2.75. The summed E-state index contributed by atoms with van der Waals surface area (Å²) in [6, 6.07) is 21.2. The van der Waals surface area contributed by atoms with Gasteiger partial charge in [0.25, 0.3) is 0 Å². The molecule has 0 heterocycles. The minimum atomic E-state index is 0. The predicted molar refractivity (Wildman–Crippen MR) is 135 cm³/mol. The summed E-state index contributed by atoms with van der Waals surface area (Å²) in [4.78, 5) is 0. The molecule has 3 rings (SSSR count). The van der Waals surface area contributed by atoms with Crippen LogP contribution in [0, 0.1) is 35.0 Å². The van der Waals surface area contributed by atoms with Crippen molar-refractivity contribution in [2.24, 2.45) is 5.92 Å². The van der Waals surface area contributed by atoms with Gasteiger partial charge in [0, 0.05) is 13.8 Å². The Bertz CT molecular complexity index is 761. The van der Waals surface area contributed by atoms with Gasteiger partial charge < -0.3 is 11.7 Å². The molecule has 0 bridgehead atoms. The molecule has 1 aliphatic carbocycles. The number of benzene rings is 2. The van der Waals surface area contributed by atoms with Gasteiger partial charge in [-0.3, -0.25) is 0 Å². The van der Waals surface area contributed by atoms with Gasteiger partial charge in [0.15, 0.2) is 0 Å². The minimum absolute atomic E-state index is 0. The van der Waals surface area contributed by atoms with Crippen LogP contribution in [0.2, 0.25) is 0 Å². The molecule has 2 aromatic carbocycles. The molecule has 1 aliphatic rings. The van der Waals surface area contributed by atoms with Crippen LogP contribution in [0.4, 0.5) is 0 Å². The molecule has 31 heavy (non-hydrogen) atoms. The van der Waals surface area contributed by atoms with Gasteiger partial charge in [-0.2, -0.15) is 28.9 Å². The maximum atomic E-state index is 7.32. The van der Waals surface area contributed by atoms with Gasteiger partial charge in [0.2, 0.25) is 0 Å². The standard InChI is InChI=1S/C21H27NP2.2C2H3N.Fe/c23-20-11-5-2-8-17(20)14-13-16-7-1-4-10-19(16)22-15-18-9-3-6-12-21(18)24;2*1-2-3;/h2-3,5-6,8-9,11-13,16,19H,1,4,7,10,14-15,23-24H2;2*1H3;/q-2;;;+2. The fourth-order valence-electron chi connectivity index (χ4n) is 3.53. The van der Waals surface area contributed by atoms with E-state index in [0.29, 0.717) is 12.0 Å². The fourth-order valence-corrected chi connectivity index (χ4v) is 4.16. The number of nitrogens with zero attached hydrogens (tertiary/aromatic N) is 3. The summed E-state index contributed by atoms with van der Waals surface area (Å²) in [6.07, 6.45) is 8.76. The van der Waals surface area contributed by atoms with Crippen molar-refractivity contribution in [3.63, 3.8) is 0 Å². The maximum Gasteiger partial charge on any atom is 2.00 e. The second-order valence-corrected chi connectivity index (χ2v) is 8.39. The third-order valence-corrected chi connectivity index (χ3v) is 6.15. The van der Waals surface area contributed by atoms with Crippen molar-refractivity contribution < 1.29 is 17.1 Å². The van der Waals surface area contributed by atoms with Crippen LogP contribution in [0.25, 0.3) is 5.32 Å². The van der Waals surface area contributed by atoms with Crippen molar-refractivity contribution in [3.8, 4) is 12.1 Å². The zero-order valence-electron chi connectivity index (χ0n) is 18.4. The Balaban J connectivity index is 0.00000116. The minimum Gasteiger partial charge on any atom is -0.658 e. The van der Waals surface area contributed by atoms with Crippen LogP contribution in [0.5, 0.6) is 0 Å². The Hall–Kier alpha value is -1.24. The summed E-state index contributed by atoms with van der Waals surface area (Å²) in [7, 11) is 5.68. The van der Waals surface area contributed by atoms with E-state index in [1.807, 2.05) is 0 Å². The van der Waals surface area contributed by atoms with Gasteiger partial charge in [-0.05, 0) is 10.6 Å². The molecule has 3 nitrogen and oxygen atoms in total. The summed E-state index contributed by atoms with van der Waals surface area (Å²) >= 11 is 0. The summed E-state index contributed by atoms with van der Waals surface area (Å²) < 4.78 is 0. The molecule has 0 saturated heterocycles. The Morgan fingerprint density at radius 1 is 0.903 bits per heavy atom. The molecule has 1 fully saturated rings. The van der Waals surface area contributed by atoms with Gasteiger partial charge in [-0.15, -0.1) is 25.0 Å². The molecule has 4 atom stereocenters. The summed E-state index contributed by atoms with van der Waals surface area (Å²) in [5.74, 6) is 0.625. The molecule has 0 aromatic heterocycles. The van der Waals surface area contributed by atoms with Gasteiger partial charge >= 0.3 is 17.1 Å². The van der Waals surface area contributed by atoms with E-state index in [4.69, 9.17) is 15.8 Å². The normalized spacial score (nSPS) is 16.7. The van der Waals surface area contributed by atoms with E-state index in [0.717, 1.165) is 13.0 Å². The van der Waals surface area contributed by atoms with E-state index < -0.39 is 0 Å². The Kier molecular flexibility index (Phi) is 17.6. The average Bonchev–Trinajstić information content (AvgIpc) is 2.74. The van der Waals surface area contributed by atoms with Crippen LogP contribution in [0.3, 0.4) is 0 Å². The van der Waals surface area contributed by atoms with Crippen molar-refractivity contribution in [2.75, 3.05) is 0 Å². The third kappa shape index (κ3) is 11.8. The SMILES string of the molecule is CC#N.CC#N.Pc1ccccc1C[CH-]C1CCCCC1[N-]Cc1ccccc1P.[Fe+2]. The smallest absolute Gasteiger partial charge is 0.658 e. The molecule has 1 saturated carbocycles. The van der Waals surface area contributed by atoms with E-state index in [2.05, 4.69) is 73.4 Å². The van der Waals surface area contributed by atoms with Gasteiger partial charge in [-0.25, -0.2) is 0 Å². The van der Waals surface area contributed by atoms with Crippen LogP contribution < -0.4 is 10.6 Å². The summed E-state index contributed by atoms with van der Waals surface area (Å²) in [5, 5.41) is 22.3. The van der Waals surface area contributed by atoms with Gasteiger partial charge in [0.05, 0.1) is 12.1 Å². The molecule has 166 valence electrons. The van der Waals surface area contributed by atoms with Crippen molar-refractivity contribution in [3.05, 3.63) is 71.4 Å². The molecule has 0 spiro atoms. The first-order valence-electron chi connectivity index (χ1n) is 10.4. The van der Waals surface area contributed by atoms with Gasteiger partial charge in [0.1, 0.15) is 0 Å². The van der Waals surface area contributed by atoms with E-state index in [1.54, 1.807) is 12.1 Å². The van der Waals surface area contributed by atoms with Crippen molar-refractivity contribution >= 4 is 29.1 Å². The van der Waals surface area contributed by atoms with Crippen LogP contribution in [0.15, 0.2) is 48.5 Å². The van der Waals surface area contributed by atoms with E-state index >= 15 is 0 Å². The molecule has 0 aliphatic heterocycles. The number of rotatable bonds is 6. The van der Waals surface area contributed by atoms with Crippen LogP contribution >= 0.6 is 18.5 Å². The molecular formula is C25H33FeN3P2. The van der Waals surface area contributed by atoms with Gasteiger partial charge in [-0.1, -0.05) is 85.3 Å². The fraction of sp³-hybridized carbons (Fsp3) is 0.400. The largest absolute Gasteiger partial charge is 2.00 e. The summed E-state index contributed by atoms with van der Waals surface area (Å²) in [6.45, 7) is 3.70. The molecular weight excluding hydrogens is 460 g/mol. The average molecular weight is 493 g/mol. The monoisotopic (exact) mass is 493 g/mol. The Morgan fingerprint density at radius 3 is 1.94 bits per heavy atom. The zero-order valence-corrected chi connectivity index (χ0v) is 21.9. The van der Waals surface area contributed by atoms with E-state index in [-0.39, 0.29) is 17.1 Å². The third-order valence-electron chi connectivity index (χ3n) is 5.03. The second-order valence-electron chi connectivity index (χ2n) is 7.14. The van der Waals surface area contributed by atoms with Crippen LogP contribution in [0.1, 0.15) is 50.7 Å². The van der Waals surface area contributed by atoms with Crippen molar-refractivity contribution in [1.82, 2.24) is 0 Å².